The van der Waals surface area contributed by atoms with Crippen LogP contribution >= 0.6 is 15.6 Å². The van der Waals surface area contributed by atoms with Crippen LogP contribution in [0.5, 0.6) is 0 Å². The van der Waals surface area contributed by atoms with Gasteiger partial charge in [0.25, 0.3) is 0 Å². The molecular weight excluding hydrogens is 1270 g/mol. The van der Waals surface area contributed by atoms with Crippen molar-refractivity contribution in [1.82, 2.24) is 0 Å². The zero-order chi connectivity index (χ0) is 71.6. The second kappa shape index (κ2) is 68.0. The molecule has 0 saturated carbocycles. The molecule has 0 aromatic carbocycles. The maximum absolute atomic E-state index is 13.1. The van der Waals surface area contributed by atoms with Crippen molar-refractivity contribution in [3.8, 4) is 0 Å². The summed E-state index contributed by atoms with van der Waals surface area (Å²) in [4.78, 5) is 72.9. The van der Waals surface area contributed by atoms with Gasteiger partial charge in [-0.15, -0.1) is 0 Å². The summed E-state index contributed by atoms with van der Waals surface area (Å²) in [5.41, 5.74) is 0. The van der Waals surface area contributed by atoms with Crippen molar-refractivity contribution in [2.24, 2.45) is 17.8 Å². The molecule has 0 heterocycles. The maximum atomic E-state index is 13.1. The summed E-state index contributed by atoms with van der Waals surface area (Å²) in [5, 5.41) is 10.6. The summed E-state index contributed by atoms with van der Waals surface area (Å²) < 4.78 is 68.6. The van der Waals surface area contributed by atoms with Crippen molar-refractivity contribution in [2.75, 3.05) is 39.6 Å². The molecule has 0 radical (unpaired) electrons. The number of aliphatic hydroxyl groups excluding tert-OH is 1. The molecule has 0 amide bonds. The van der Waals surface area contributed by atoms with Gasteiger partial charge >= 0.3 is 39.5 Å². The molecule has 0 saturated heterocycles. The van der Waals surface area contributed by atoms with Crippen molar-refractivity contribution >= 4 is 39.5 Å². The van der Waals surface area contributed by atoms with E-state index < -0.39 is 97.5 Å². The lowest BCUT2D eigenvalue weighted by molar-refractivity contribution is -0.161. The fraction of sp³-hybridized carbons (Fsp3) is 0.897. The number of hydrogen-bond acceptors (Lipinski definition) is 15. The molecule has 0 rings (SSSR count). The summed E-state index contributed by atoms with van der Waals surface area (Å²) >= 11 is 0. The lowest BCUT2D eigenvalue weighted by Crippen LogP contribution is -2.30. The highest BCUT2D eigenvalue weighted by atomic mass is 31.2. The third kappa shape index (κ3) is 71.7. The van der Waals surface area contributed by atoms with Crippen molar-refractivity contribution in [3.63, 3.8) is 0 Å². The van der Waals surface area contributed by atoms with E-state index in [4.69, 9.17) is 37.0 Å². The fourth-order valence-electron chi connectivity index (χ4n) is 11.4. The van der Waals surface area contributed by atoms with E-state index in [9.17, 15) is 43.2 Å². The van der Waals surface area contributed by atoms with E-state index in [0.29, 0.717) is 25.7 Å². The van der Waals surface area contributed by atoms with Crippen LogP contribution in [0.2, 0.25) is 0 Å². The van der Waals surface area contributed by atoms with Gasteiger partial charge in [-0.3, -0.25) is 37.3 Å². The molecule has 17 nitrogen and oxygen atoms in total. The number of ether oxygens (including phenoxy) is 4. The number of aliphatic hydroxyl groups is 1. The maximum Gasteiger partial charge on any atom is 0.472 e. The van der Waals surface area contributed by atoms with Gasteiger partial charge in [-0.1, -0.05) is 323 Å². The van der Waals surface area contributed by atoms with Crippen LogP contribution in [0.15, 0.2) is 24.3 Å². The zero-order valence-corrected chi connectivity index (χ0v) is 64.8. The Morgan fingerprint density at radius 1 is 0.320 bits per heavy atom. The summed E-state index contributed by atoms with van der Waals surface area (Å²) in [6.45, 7) is 11.8. The Morgan fingerprint density at radius 2 is 0.557 bits per heavy atom. The number of esters is 4. The fourth-order valence-corrected chi connectivity index (χ4v) is 13.0. The number of allylic oxidation sites excluding steroid dienone is 4. The number of phosphoric ester groups is 2. The van der Waals surface area contributed by atoms with Gasteiger partial charge in [-0.25, -0.2) is 9.13 Å². The highest BCUT2D eigenvalue weighted by Crippen LogP contribution is 2.45. The Labute approximate surface area is 592 Å². The van der Waals surface area contributed by atoms with Crippen LogP contribution in [0.1, 0.15) is 376 Å². The summed E-state index contributed by atoms with van der Waals surface area (Å²) in [6.07, 6.45) is 57.6. The number of rotatable bonds is 74. The first-order valence-electron chi connectivity index (χ1n) is 39.7. The van der Waals surface area contributed by atoms with Gasteiger partial charge in [0, 0.05) is 25.7 Å². The third-order valence-electron chi connectivity index (χ3n) is 17.5. The molecule has 0 aliphatic heterocycles. The smallest absolute Gasteiger partial charge is 0.462 e. The normalized spacial score (nSPS) is 14.2. The Balaban J connectivity index is 5.31. The summed E-state index contributed by atoms with van der Waals surface area (Å²) in [5.74, 6) is 0.152. The van der Waals surface area contributed by atoms with Crippen LogP contribution in [0, 0.1) is 17.8 Å². The monoisotopic (exact) mass is 1420 g/mol. The van der Waals surface area contributed by atoms with E-state index in [1.54, 1.807) is 0 Å². The van der Waals surface area contributed by atoms with Crippen molar-refractivity contribution in [1.29, 1.82) is 0 Å². The molecule has 0 bridgehead atoms. The largest absolute Gasteiger partial charge is 0.472 e. The Kier molecular flexibility index (Phi) is 66.3. The first kappa shape index (κ1) is 94.5. The predicted molar refractivity (Wildman–Crippen MR) is 395 cm³/mol. The molecule has 0 spiro atoms. The molecule has 5 atom stereocenters. The highest BCUT2D eigenvalue weighted by molar-refractivity contribution is 7.47. The molecule has 572 valence electrons. The number of phosphoric acid groups is 2. The molecule has 0 aromatic rings. The van der Waals surface area contributed by atoms with Crippen LogP contribution in [-0.4, -0.2) is 96.7 Å². The third-order valence-corrected chi connectivity index (χ3v) is 19.4. The Hall–Kier alpha value is -2.46. The minimum absolute atomic E-state index is 0.0848. The summed E-state index contributed by atoms with van der Waals surface area (Å²) in [6, 6.07) is 0. The van der Waals surface area contributed by atoms with E-state index in [-0.39, 0.29) is 25.7 Å². The SMILES string of the molecule is CCCCCC/C=C\C=C/CCCCCCCC(=O)O[C@H](COC(=O)CCCCCCCCCCCCCCC(C)C)COP(=O)(O)OC[C@@H](O)COP(=O)(O)OC[C@@H](COC(=O)CCCCCCCCCCCC(C)C)OC(=O)CCCCCCCCCCCCCCC(C)C. The number of carbonyl (C=O) groups excluding carboxylic acids is 4. The van der Waals surface area contributed by atoms with E-state index >= 15 is 0 Å². The zero-order valence-electron chi connectivity index (χ0n) is 63.0. The average molecular weight is 1420 g/mol. The highest BCUT2D eigenvalue weighted by Gasteiger charge is 2.30. The second-order valence-electron chi connectivity index (χ2n) is 28.8. The Morgan fingerprint density at radius 3 is 0.835 bits per heavy atom. The van der Waals surface area contributed by atoms with Crippen molar-refractivity contribution in [2.45, 2.75) is 394 Å². The minimum Gasteiger partial charge on any atom is -0.462 e. The molecule has 0 aromatic heterocycles. The van der Waals surface area contributed by atoms with E-state index in [1.165, 1.54) is 173 Å². The Bertz CT molecular complexity index is 1980. The van der Waals surface area contributed by atoms with E-state index in [2.05, 4.69) is 72.8 Å². The molecule has 19 heteroatoms. The molecule has 97 heavy (non-hydrogen) atoms. The number of unbranched alkanes of at least 4 members (excludes halogenated alkanes) is 39. The minimum atomic E-state index is -4.97. The summed E-state index contributed by atoms with van der Waals surface area (Å²) in [7, 11) is -9.93. The van der Waals surface area contributed by atoms with E-state index in [0.717, 1.165) is 120 Å². The van der Waals surface area contributed by atoms with Gasteiger partial charge in [0.15, 0.2) is 12.2 Å². The van der Waals surface area contributed by atoms with Crippen LogP contribution in [0.4, 0.5) is 0 Å². The predicted octanol–water partition coefficient (Wildman–Crippen LogP) is 22.5. The second-order valence-corrected chi connectivity index (χ2v) is 31.7. The van der Waals surface area contributed by atoms with Gasteiger partial charge < -0.3 is 33.8 Å². The lowest BCUT2D eigenvalue weighted by atomic mass is 10.0. The number of carbonyl (C=O) groups is 4. The van der Waals surface area contributed by atoms with Gasteiger partial charge in [0.05, 0.1) is 26.4 Å². The molecule has 0 aliphatic carbocycles. The number of hydrogen-bond donors (Lipinski definition) is 3. The topological polar surface area (TPSA) is 237 Å². The van der Waals surface area contributed by atoms with Crippen LogP contribution in [0.3, 0.4) is 0 Å². The first-order chi connectivity index (χ1) is 46.7. The lowest BCUT2D eigenvalue weighted by Gasteiger charge is -2.21. The van der Waals surface area contributed by atoms with Crippen molar-refractivity contribution < 1.29 is 80.2 Å². The molecule has 3 N–H and O–H groups in total. The van der Waals surface area contributed by atoms with E-state index in [1.807, 2.05) is 0 Å². The first-order valence-corrected chi connectivity index (χ1v) is 42.7. The van der Waals surface area contributed by atoms with Gasteiger partial charge in [0.2, 0.25) is 0 Å². The molecule has 2 unspecified atom stereocenters. The van der Waals surface area contributed by atoms with Crippen molar-refractivity contribution in [3.05, 3.63) is 24.3 Å². The van der Waals surface area contributed by atoms with Gasteiger partial charge in [-0.2, -0.15) is 0 Å². The van der Waals surface area contributed by atoms with Gasteiger partial charge in [0.1, 0.15) is 19.3 Å². The quantitative estimate of drug-likeness (QED) is 0.0169. The van der Waals surface area contributed by atoms with Crippen LogP contribution in [0.25, 0.3) is 0 Å². The van der Waals surface area contributed by atoms with Crippen LogP contribution in [-0.2, 0) is 65.4 Å². The molecular formula is C78H148O17P2. The average Bonchev–Trinajstić information content (AvgIpc) is 1.25. The molecule has 0 fully saturated rings. The van der Waals surface area contributed by atoms with Crippen LogP contribution < -0.4 is 0 Å². The van der Waals surface area contributed by atoms with Gasteiger partial charge in [-0.05, 0) is 69.1 Å². The molecule has 0 aliphatic rings. The standard InChI is InChI=1S/C78H148O17P2/c1-8-9-10-11-12-13-14-15-16-17-25-32-40-47-54-61-77(82)94-73(65-88-75(80)59-52-45-38-31-24-20-18-22-28-35-42-49-56-69(2)3)67-92-96(84,85)90-63-72(79)64-91-97(86,87)93-68-74(66-89-76(81)60-53-46-39-34-27-30-37-44-51-58-71(6)7)95-78(83)62-55-48-41-33-26-21-19-23-29-36-43-50-57-70(4)5/h13-16,69-74,79H,8-12,17-68H2,1-7H3,(H,84,85)(H,86,87)/b14-13-,16-15-/t72-,73-,74-/m1/s1.